The summed E-state index contributed by atoms with van der Waals surface area (Å²) in [7, 11) is -8.72. The third kappa shape index (κ3) is 5.02. The zero-order valence-electron chi connectivity index (χ0n) is 17.2. The Kier molecular flexibility index (Phi) is 5.95. The summed E-state index contributed by atoms with van der Waals surface area (Å²) in [6, 6.07) is 9.97. The van der Waals surface area contributed by atoms with Gasteiger partial charge in [-0.1, -0.05) is 20.8 Å². The quantitative estimate of drug-likeness (QED) is 0.371. The summed E-state index contributed by atoms with van der Waals surface area (Å²) in [4.78, 5) is 12.4. The SMILES string of the molecule is CC(C)(C)c1[nH]n(-c2ccc(S(=O)(=O)O)cc2)c(=O)c1N=Nc1ccc(S(=O)(=O)O)cc1. The average molecular weight is 481 g/mol. The van der Waals surface area contributed by atoms with E-state index in [0.29, 0.717) is 11.4 Å². The molecule has 0 aliphatic carbocycles. The van der Waals surface area contributed by atoms with Gasteiger partial charge in [-0.2, -0.15) is 21.9 Å². The van der Waals surface area contributed by atoms with Crippen LogP contribution in [0.5, 0.6) is 0 Å². The second-order valence-electron chi connectivity index (χ2n) is 7.86. The normalized spacial score (nSPS) is 13.0. The second kappa shape index (κ2) is 8.09. The molecule has 0 saturated carbocycles. The maximum Gasteiger partial charge on any atom is 0.299 e. The number of H-pyrrole nitrogens is 1. The van der Waals surface area contributed by atoms with E-state index in [1.165, 1.54) is 28.9 Å². The number of hydrogen-bond donors (Lipinski definition) is 3. The zero-order chi connectivity index (χ0) is 23.9. The number of aromatic nitrogens is 2. The molecule has 0 aliphatic rings. The van der Waals surface area contributed by atoms with Crippen molar-refractivity contribution in [1.82, 2.24) is 9.78 Å². The van der Waals surface area contributed by atoms with Crippen LogP contribution in [-0.4, -0.2) is 35.7 Å². The largest absolute Gasteiger partial charge is 0.299 e. The van der Waals surface area contributed by atoms with E-state index in [2.05, 4.69) is 15.3 Å². The molecule has 2 aromatic carbocycles. The fourth-order valence-corrected chi connectivity index (χ4v) is 3.75. The summed E-state index contributed by atoms with van der Waals surface area (Å²) in [5.41, 5.74) is -0.0569. The molecule has 0 bridgehead atoms. The van der Waals surface area contributed by atoms with E-state index < -0.39 is 31.2 Å². The standard InChI is InChI=1S/C19H20N4O7S2/c1-19(2,3)17-16(21-20-12-4-8-14(9-5-12)31(25,26)27)18(24)23(22-17)13-6-10-15(11-7-13)32(28,29)30/h4-11,22H,1-3H3,(H,25,26,27)(H,28,29,30). The van der Waals surface area contributed by atoms with E-state index >= 15 is 0 Å². The van der Waals surface area contributed by atoms with E-state index in [4.69, 9.17) is 9.11 Å². The van der Waals surface area contributed by atoms with Crippen molar-refractivity contribution in [2.24, 2.45) is 10.2 Å². The molecule has 0 spiro atoms. The first kappa shape index (κ1) is 23.5. The molecule has 0 fully saturated rings. The summed E-state index contributed by atoms with van der Waals surface area (Å²) in [5.74, 6) is 0. The minimum Gasteiger partial charge on any atom is -0.292 e. The molecule has 0 saturated heterocycles. The second-order valence-corrected chi connectivity index (χ2v) is 10.7. The molecule has 170 valence electrons. The topological polar surface area (TPSA) is 171 Å². The van der Waals surface area contributed by atoms with Crippen LogP contribution in [0.15, 0.2) is 73.3 Å². The molecule has 0 radical (unpaired) electrons. The third-order valence-corrected chi connectivity index (χ3v) is 6.14. The van der Waals surface area contributed by atoms with Gasteiger partial charge in [0.1, 0.15) is 0 Å². The molecule has 0 atom stereocenters. The van der Waals surface area contributed by atoms with Crippen molar-refractivity contribution in [3.8, 4) is 5.69 Å². The van der Waals surface area contributed by atoms with Gasteiger partial charge in [0.2, 0.25) is 0 Å². The van der Waals surface area contributed by atoms with Crippen molar-refractivity contribution < 1.29 is 25.9 Å². The number of nitrogens with zero attached hydrogens (tertiary/aromatic N) is 3. The molecule has 3 N–H and O–H groups in total. The Morgan fingerprint density at radius 3 is 1.72 bits per heavy atom. The number of benzene rings is 2. The highest BCUT2D eigenvalue weighted by molar-refractivity contribution is 7.86. The van der Waals surface area contributed by atoms with Crippen molar-refractivity contribution >= 4 is 31.6 Å². The Balaban J connectivity index is 2.05. The first-order chi connectivity index (χ1) is 14.7. The lowest BCUT2D eigenvalue weighted by atomic mass is 9.91. The fraction of sp³-hybridized carbons (Fsp3) is 0.211. The van der Waals surface area contributed by atoms with Crippen LogP contribution in [0.4, 0.5) is 11.4 Å². The van der Waals surface area contributed by atoms with Gasteiger partial charge >= 0.3 is 0 Å². The first-order valence-corrected chi connectivity index (χ1v) is 12.0. The maximum atomic E-state index is 13.0. The summed E-state index contributed by atoms with van der Waals surface area (Å²) in [6.07, 6.45) is 0. The lowest BCUT2D eigenvalue weighted by Gasteiger charge is -2.16. The maximum absolute atomic E-state index is 13.0. The van der Waals surface area contributed by atoms with Crippen molar-refractivity contribution in [3.05, 3.63) is 64.6 Å². The number of rotatable bonds is 5. The Labute approximate surface area is 183 Å². The van der Waals surface area contributed by atoms with Crippen molar-refractivity contribution in [2.45, 2.75) is 36.0 Å². The zero-order valence-corrected chi connectivity index (χ0v) is 18.8. The molecule has 3 rings (SSSR count). The smallest absolute Gasteiger partial charge is 0.292 e. The van der Waals surface area contributed by atoms with Gasteiger partial charge in [-0.3, -0.25) is 19.0 Å². The monoisotopic (exact) mass is 480 g/mol. The van der Waals surface area contributed by atoms with E-state index in [0.717, 1.165) is 24.3 Å². The van der Waals surface area contributed by atoms with Crippen molar-refractivity contribution in [1.29, 1.82) is 0 Å². The van der Waals surface area contributed by atoms with Gasteiger partial charge in [0.05, 0.1) is 26.9 Å². The minimum atomic E-state index is -4.37. The van der Waals surface area contributed by atoms with E-state index in [1.807, 2.05) is 20.8 Å². The van der Waals surface area contributed by atoms with Gasteiger partial charge in [-0.05, 0) is 48.5 Å². The van der Waals surface area contributed by atoms with Gasteiger partial charge in [-0.25, -0.2) is 4.68 Å². The van der Waals surface area contributed by atoms with Crippen LogP contribution in [0.3, 0.4) is 0 Å². The predicted octanol–water partition coefficient (Wildman–Crippen LogP) is 3.37. The lowest BCUT2D eigenvalue weighted by molar-refractivity contribution is 0.481. The molecular formula is C19H20N4O7S2. The average Bonchev–Trinajstić information content (AvgIpc) is 3.02. The van der Waals surface area contributed by atoms with Crippen LogP contribution in [0, 0.1) is 0 Å². The lowest BCUT2D eigenvalue weighted by Crippen LogP contribution is -2.14. The van der Waals surface area contributed by atoms with Crippen LogP contribution in [-0.2, 0) is 25.7 Å². The van der Waals surface area contributed by atoms with Gasteiger partial charge in [0.15, 0.2) is 5.69 Å². The van der Waals surface area contributed by atoms with Gasteiger partial charge < -0.3 is 0 Å². The van der Waals surface area contributed by atoms with Crippen LogP contribution >= 0.6 is 0 Å². The predicted molar refractivity (Wildman–Crippen MR) is 115 cm³/mol. The first-order valence-electron chi connectivity index (χ1n) is 9.10. The summed E-state index contributed by atoms with van der Waals surface area (Å²) in [5, 5.41) is 11.0. The van der Waals surface area contributed by atoms with Crippen LogP contribution in [0.2, 0.25) is 0 Å². The molecule has 1 heterocycles. The van der Waals surface area contributed by atoms with Crippen LogP contribution in [0.1, 0.15) is 26.5 Å². The highest BCUT2D eigenvalue weighted by atomic mass is 32.2. The number of nitrogens with one attached hydrogen (secondary N) is 1. The molecular weight excluding hydrogens is 460 g/mol. The summed E-state index contributed by atoms with van der Waals surface area (Å²) in [6.45, 7) is 5.55. The molecule has 3 aromatic rings. The summed E-state index contributed by atoms with van der Waals surface area (Å²) < 4.78 is 64.1. The minimum absolute atomic E-state index is 0.00946. The Morgan fingerprint density at radius 2 is 1.28 bits per heavy atom. The van der Waals surface area contributed by atoms with E-state index in [9.17, 15) is 21.6 Å². The molecule has 11 nitrogen and oxygen atoms in total. The van der Waals surface area contributed by atoms with Gasteiger partial charge in [-0.15, -0.1) is 5.11 Å². The van der Waals surface area contributed by atoms with E-state index in [-0.39, 0.29) is 21.2 Å². The number of hydrogen-bond acceptors (Lipinski definition) is 7. The highest BCUT2D eigenvalue weighted by Gasteiger charge is 2.25. The number of azo groups is 1. The Morgan fingerprint density at radius 1 is 0.812 bits per heavy atom. The summed E-state index contributed by atoms with van der Waals surface area (Å²) >= 11 is 0. The molecule has 0 amide bonds. The Bertz CT molecular complexity index is 1440. The Hall–Kier alpha value is -3.13. The third-order valence-electron chi connectivity index (χ3n) is 4.41. The van der Waals surface area contributed by atoms with Crippen LogP contribution in [0.25, 0.3) is 5.69 Å². The number of aromatic amines is 1. The van der Waals surface area contributed by atoms with Crippen LogP contribution < -0.4 is 5.56 Å². The molecule has 13 heteroatoms. The molecule has 0 aliphatic heterocycles. The van der Waals surface area contributed by atoms with Gasteiger partial charge in [0, 0.05) is 5.41 Å². The molecule has 0 unspecified atom stereocenters. The highest BCUT2D eigenvalue weighted by Crippen LogP contribution is 2.29. The molecule has 1 aromatic heterocycles. The van der Waals surface area contributed by atoms with Gasteiger partial charge in [0.25, 0.3) is 25.8 Å². The fourth-order valence-electron chi connectivity index (χ4n) is 2.79. The van der Waals surface area contributed by atoms with Crippen molar-refractivity contribution in [3.63, 3.8) is 0 Å². The van der Waals surface area contributed by atoms with E-state index in [1.54, 1.807) is 0 Å². The molecule has 32 heavy (non-hydrogen) atoms. The van der Waals surface area contributed by atoms with Crippen molar-refractivity contribution in [2.75, 3.05) is 0 Å².